The highest BCUT2D eigenvalue weighted by Gasteiger charge is 2.32. The number of hydrogen-bond donors (Lipinski definition) is 0. The Morgan fingerprint density at radius 1 is 1.37 bits per heavy atom. The summed E-state index contributed by atoms with van der Waals surface area (Å²) in [6.45, 7) is 2.28. The van der Waals surface area contributed by atoms with Crippen molar-refractivity contribution in [3.05, 3.63) is 47.2 Å². The molecule has 0 N–H and O–H groups in total. The number of rotatable bonds is 3. The van der Waals surface area contributed by atoms with Crippen molar-refractivity contribution in [1.29, 1.82) is 0 Å². The summed E-state index contributed by atoms with van der Waals surface area (Å²) in [6.07, 6.45) is 3.49. The van der Waals surface area contributed by atoms with Crippen LogP contribution >= 0.6 is 11.6 Å². The van der Waals surface area contributed by atoms with E-state index in [0.29, 0.717) is 16.5 Å². The lowest BCUT2D eigenvalue weighted by Crippen LogP contribution is -2.51. The van der Waals surface area contributed by atoms with Crippen LogP contribution < -0.4 is 0 Å². The first kappa shape index (κ1) is 12.2. The zero-order chi connectivity index (χ0) is 13.2. The first-order valence-electron chi connectivity index (χ1n) is 6.12. The molecule has 6 heteroatoms. The number of amides is 1. The Kier molecular flexibility index (Phi) is 3.21. The highest BCUT2D eigenvalue weighted by molar-refractivity contribution is 6.33. The van der Waals surface area contributed by atoms with E-state index in [2.05, 4.69) is 10.3 Å². The van der Waals surface area contributed by atoms with Gasteiger partial charge in [0.15, 0.2) is 0 Å². The predicted octanol–water partition coefficient (Wildman–Crippen LogP) is 1.70. The Labute approximate surface area is 115 Å². The highest BCUT2D eigenvalue weighted by Crippen LogP contribution is 2.23. The Bertz CT molecular complexity index is 578. The van der Waals surface area contributed by atoms with Crippen molar-refractivity contribution >= 4 is 17.5 Å². The quantitative estimate of drug-likeness (QED) is 0.857. The molecule has 5 nitrogen and oxygen atoms in total. The van der Waals surface area contributed by atoms with E-state index in [-0.39, 0.29) is 5.91 Å². The van der Waals surface area contributed by atoms with E-state index in [1.54, 1.807) is 23.0 Å². The number of benzene rings is 1. The average Bonchev–Trinajstić information content (AvgIpc) is 2.86. The predicted molar refractivity (Wildman–Crippen MR) is 70.9 cm³/mol. The second kappa shape index (κ2) is 5.01. The SMILES string of the molecule is O=C(c1ccccc1Cl)N1CC(Cn2ccnn2)C1. The average molecular weight is 277 g/mol. The van der Waals surface area contributed by atoms with Crippen LogP contribution in [0.4, 0.5) is 0 Å². The van der Waals surface area contributed by atoms with Crippen molar-refractivity contribution in [3.63, 3.8) is 0 Å². The fourth-order valence-electron chi connectivity index (χ4n) is 2.25. The second-order valence-electron chi connectivity index (χ2n) is 4.68. The number of carbonyl (C=O) groups is 1. The third-order valence-corrected chi connectivity index (χ3v) is 3.60. The Balaban J connectivity index is 1.59. The van der Waals surface area contributed by atoms with Crippen molar-refractivity contribution in [2.45, 2.75) is 6.54 Å². The third-order valence-electron chi connectivity index (χ3n) is 3.27. The third kappa shape index (κ3) is 2.46. The van der Waals surface area contributed by atoms with Gasteiger partial charge in [-0.05, 0) is 12.1 Å². The molecule has 1 fully saturated rings. The maximum atomic E-state index is 12.2. The molecule has 0 atom stereocenters. The highest BCUT2D eigenvalue weighted by atomic mass is 35.5. The van der Waals surface area contributed by atoms with Crippen molar-refractivity contribution in [3.8, 4) is 0 Å². The maximum Gasteiger partial charge on any atom is 0.255 e. The van der Waals surface area contributed by atoms with Crippen LogP contribution in [0, 0.1) is 5.92 Å². The molecule has 98 valence electrons. The van der Waals surface area contributed by atoms with Crippen LogP contribution in [0.5, 0.6) is 0 Å². The molecule has 0 aliphatic carbocycles. The van der Waals surface area contributed by atoms with Crippen molar-refractivity contribution < 1.29 is 4.79 Å². The lowest BCUT2D eigenvalue weighted by molar-refractivity contribution is 0.0460. The van der Waals surface area contributed by atoms with Gasteiger partial charge in [0.2, 0.25) is 0 Å². The Morgan fingerprint density at radius 2 is 2.16 bits per heavy atom. The number of carbonyl (C=O) groups excluding carboxylic acids is 1. The van der Waals surface area contributed by atoms with Crippen LogP contribution in [0.2, 0.25) is 5.02 Å². The van der Waals surface area contributed by atoms with E-state index in [1.807, 2.05) is 23.2 Å². The largest absolute Gasteiger partial charge is 0.338 e. The number of halogens is 1. The van der Waals surface area contributed by atoms with Crippen LogP contribution in [0.15, 0.2) is 36.7 Å². The minimum atomic E-state index is 0.000408. The molecule has 2 aromatic rings. The first-order chi connectivity index (χ1) is 9.24. The lowest BCUT2D eigenvalue weighted by atomic mass is 9.99. The summed E-state index contributed by atoms with van der Waals surface area (Å²) in [6, 6.07) is 7.14. The first-order valence-corrected chi connectivity index (χ1v) is 6.50. The van der Waals surface area contributed by atoms with E-state index < -0.39 is 0 Å². The number of nitrogens with zero attached hydrogens (tertiary/aromatic N) is 4. The van der Waals surface area contributed by atoms with Gasteiger partial charge in [0.25, 0.3) is 5.91 Å². The molecule has 1 aliphatic heterocycles. The number of hydrogen-bond acceptors (Lipinski definition) is 3. The molecular formula is C13H13ClN4O. The fraction of sp³-hybridized carbons (Fsp3) is 0.308. The standard InChI is InChI=1S/C13H13ClN4O/c14-12-4-2-1-3-11(12)13(19)17-7-10(8-17)9-18-6-5-15-16-18/h1-6,10H,7-9H2. The van der Waals surface area contributed by atoms with E-state index in [0.717, 1.165) is 19.6 Å². The summed E-state index contributed by atoms with van der Waals surface area (Å²) in [5, 5.41) is 8.19. The zero-order valence-corrected chi connectivity index (χ0v) is 11.0. The summed E-state index contributed by atoms with van der Waals surface area (Å²) in [7, 11) is 0. The van der Waals surface area contributed by atoms with Gasteiger partial charge in [-0.3, -0.25) is 9.48 Å². The molecule has 1 amide bonds. The van der Waals surface area contributed by atoms with Crippen LogP contribution in [0.25, 0.3) is 0 Å². The van der Waals surface area contributed by atoms with Gasteiger partial charge < -0.3 is 4.90 Å². The molecule has 1 saturated heterocycles. The monoisotopic (exact) mass is 276 g/mol. The second-order valence-corrected chi connectivity index (χ2v) is 5.09. The van der Waals surface area contributed by atoms with Gasteiger partial charge in [0.1, 0.15) is 0 Å². The van der Waals surface area contributed by atoms with Gasteiger partial charge in [0.05, 0.1) is 16.8 Å². The topological polar surface area (TPSA) is 51.0 Å². The summed E-state index contributed by atoms with van der Waals surface area (Å²) < 4.78 is 1.79. The smallest absolute Gasteiger partial charge is 0.255 e. The molecule has 0 radical (unpaired) electrons. The van der Waals surface area contributed by atoms with E-state index in [9.17, 15) is 4.79 Å². The summed E-state index contributed by atoms with van der Waals surface area (Å²) in [5.74, 6) is 0.438. The van der Waals surface area contributed by atoms with Gasteiger partial charge in [-0.15, -0.1) is 5.10 Å². The van der Waals surface area contributed by atoms with Gasteiger partial charge >= 0.3 is 0 Å². The maximum absolute atomic E-state index is 12.2. The normalized spacial score (nSPS) is 15.3. The summed E-state index contributed by atoms with van der Waals surface area (Å²) in [5.41, 5.74) is 0.573. The molecule has 0 unspecified atom stereocenters. The molecule has 1 aromatic carbocycles. The Morgan fingerprint density at radius 3 is 2.84 bits per heavy atom. The van der Waals surface area contributed by atoms with Crippen LogP contribution in [0.1, 0.15) is 10.4 Å². The fourth-order valence-corrected chi connectivity index (χ4v) is 2.47. The van der Waals surface area contributed by atoms with Gasteiger partial charge in [-0.2, -0.15) is 0 Å². The van der Waals surface area contributed by atoms with Gasteiger partial charge in [0, 0.05) is 31.7 Å². The van der Waals surface area contributed by atoms with Crippen LogP contribution in [0.3, 0.4) is 0 Å². The summed E-state index contributed by atoms with van der Waals surface area (Å²) >= 11 is 6.03. The molecule has 3 rings (SSSR count). The number of aromatic nitrogens is 3. The zero-order valence-electron chi connectivity index (χ0n) is 10.2. The van der Waals surface area contributed by atoms with Gasteiger partial charge in [-0.1, -0.05) is 28.9 Å². The van der Waals surface area contributed by atoms with Crippen LogP contribution in [-0.4, -0.2) is 38.9 Å². The van der Waals surface area contributed by atoms with Gasteiger partial charge in [-0.25, -0.2) is 0 Å². The van der Waals surface area contributed by atoms with E-state index >= 15 is 0 Å². The molecule has 1 aliphatic rings. The minimum absolute atomic E-state index is 0.000408. The molecular weight excluding hydrogens is 264 g/mol. The Hall–Kier alpha value is -1.88. The molecule has 0 saturated carbocycles. The van der Waals surface area contributed by atoms with E-state index in [4.69, 9.17) is 11.6 Å². The van der Waals surface area contributed by atoms with Crippen molar-refractivity contribution in [1.82, 2.24) is 19.9 Å². The van der Waals surface area contributed by atoms with Crippen molar-refractivity contribution in [2.75, 3.05) is 13.1 Å². The van der Waals surface area contributed by atoms with Crippen LogP contribution in [-0.2, 0) is 6.54 Å². The van der Waals surface area contributed by atoms with E-state index in [1.165, 1.54) is 0 Å². The molecule has 1 aromatic heterocycles. The molecule has 0 spiro atoms. The minimum Gasteiger partial charge on any atom is -0.338 e. The molecule has 0 bridgehead atoms. The summed E-state index contributed by atoms with van der Waals surface area (Å²) in [4.78, 5) is 14.0. The van der Waals surface area contributed by atoms with Crippen molar-refractivity contribution in [2.24, 2.45) is 5.92 Å². The molecule has 19 heavy (non-hydrogen) atoms. The molecule has 2 heterocycles. The lowest BCUT2D eigenvalue weighted by Gasteiger charge is -2.39. The number of likely N-dealkylation sites (tertiary alicyclic amines) is 1.